The molecule has 0 radical (unpaired) electrons. The van der Waals surface area contributed by atoms with Gasteiger partial charge in [0, 0.05) is 4.91 Å². The van der Waals surface area contributed by atoms with Crippen molar-refractivity contribution in [2.45, 2.75) is 36.6 Å². The molecule has 1 fully saturated rings. The van der Waals surface area contributed by atoms with Crippen LogP contribution in [0, 0.1) is 0 Å². The molecule has 1 saturated heterocycles. The van der Waals surface area contributed by atoms with Crippen LogP contribution >= 0.6 is 0 Å². The number of aromatic nitrogens is 4. The van der Waals surface area contributed by atoms with Crippen molar-refractivity contribution in [1.29, 1.82) is 0 Å². The Morgan fingerprint density at radius 2 is 1.68 bits per heavy atom. The number of aliphatic hydroxyl groups excluding tert-OH is 2. The van der Waals surface area contributed by atoms with Gasteiger partial charge in [-0.1, -0.05) is 77.9 Å². The number of nitrogens with one attached hydrogen (secondary N) is 1. The molecule has 0 bridgehead atoms. The zero-order chi connectivity index (χ0) is 33.0. The molecule has 2 aromatic heterocycles. The fourth-order valence-corrected chi connectivity index (χ4v) is 5.97. The lowest BCUT2D eigenvalue weighted by Crippen LogP contribution is -2.48. The quantitative estimate of drug-likeness (QED) is 0.0742. The Hall–Kier alpha value is -5.27. The SMILES string of the molecule is CCOc1nc(NC(c2ccccc2)(c2ccccc2)c2ccc(OC)cc2)nc2c1ncn2[C@@H]1O[C@@](CO)(CN=[N+]=[N-])[C@@H](O)[C@H]1F. The minimum absolute atomic E-state index is 0.127. The number of halogens is 1. The standard InChI is InChI=1S/C33H33FN8O5/c1-3-46-29-26-28(42(20-36-26)30-25(34)27(44)32(19-43,47-30)18-37-41-35)38-31(39-29)40-33(21-10-6-4-7-11-21,22-12-8-5-9-13-22)23-14-16-24(45-2)17-15-23/h4-17,20,25,27,30,43-44H,3,18-19H2,1-2H3,(H,38,39,40)/t25-,27+,30-,32-/m1/s1. The van der Waals surface area contributed by atoms with E-state index in [-0.39, 0.29) is 29.6 Å². The summed E-state index contributed by atoms with van der Waals surface area (Å²) in [5.74, 6) is 0.950. The van der Waals surface area contributed by atoms with Crippen molar-refractivity contribution in [3.05, 3.63) is 118 Å². The van der Waals surface area contributed by atoms with Crippen LogP contribution in [0.3, 0.4) is 0 Å². The number of alkyl halides is 1. The first-order chi connectivity index (χ1) is 22.9. The summed E-state index contributed by atoms with van der Waals surface area (Å²) in [5, 5.41) is 27.9. The highest BCUT2D eigenvalue weighted by Crippen LogP contribution is 2.43. The Morgan fingerprint density at radius 3 is 2.26 bits per heavy atom. The van der Waals surface area contributed by atoms with E-state index < -0.39 is 42.8 Å². The van der Waals surface area contributed by atoms with Crippen molar-refractivity contribution in [3.63, 3.8) is 0 Å². The van der Waals surface area contributed by atoms with Gasteiger partial charge in [-0.2, -0.15) is 9.97 Å². The first-order valence-corrected chi connectivity index (χ1v) is 14.9. The molecule has 3 heterocycles. The van der Waals surface area contributed by atoms with E-state index in [1.165, 1.54) is 10.9 Å². The van der Waals surface area contributed by atoms with Gasteiger partial charge in [-0.15, -0.1) is 0 Å². The smallest absolute Gasteiger partial charge is 0.247 e. The van der Waals surface area contributed by atoms with E-state index in [0.29, 0.717) is 5.75 Å². The van der Waals surface area contributed by atoms with Gasteiger partial charge in [0.1, 0.15) is 23.0 Å². The molecule has 13 nitrogen and oxygen atoms in total. The molecule has 6 rings (SSSR count). The maximum absolute atomic E-state index is 15.8. The number of anilines is 1. The Kier molecular flexibility index (Phi) is 8.92. The van der Waals surface area contributed by atoms with E-state index in [1.807, 2.05) is 84.9 Å². The third-order valence-corrected chi connectivity index (χ3v) is 8.32. The number of azide groups is 1. The van der Waals surface area contributed by atoms with Crippen molar-refractivity contribution in [3.8, 4) is 11.6 Å². The summed E-state index contributed by atoms with van der Waals surface area (Å²) < 4.78 is 34.3. The van der Waals surface area contributed by atoms with Crippen molar-refractivity contribution in [2.24, 2.45) is 5.11 Å². The van der Waals surface area contributed by atoms with Crippen LogP contribution in [0.5, 0.6) is 11.6 Å². The number of fused-ring (bicyclic) bond motifs is 1. The number of methoxy groups -OCH3 is 1. The normalized spacial score (nSPS) is 20.9. The molecule has 1 aliphatic heterocycles. The molecule has 0 amide bonds. The van der Waals surface area contributed by atoms with Crippen LogP contribution in [0.1, 0.15) is 29.8 Å². The van der Waals surface area contributed by atoms with Crippen LogP contribution < -0.4 is 14.8 Å². The second-order valence-electron chi connectivity index (χ2n) is 11.0. The number of nitrogens with zero attached hydrogens (tertiary/aromatic N) is 7. The summed E-state index contributed by atoms with van der Waals surface area (Å²) >= 11 is 0. The van der Waals surface area contributed by atoms with Gasteiger partial charge in [-0.05, 0) is 41.3 Å². The van der Waals surface area contributed by atoms with E-state index in [2.05, 4.69) is 20.3 Å². The lowest BCUT2D eigenvalue weighted by molar-refractivity contribution is -0.120. The molecule has 0 unspecified atom stereocenters. The number of aliphatic hydroxyl groups is 2. The average molecular weight is 641 g/mol. The van der Waals surface area contributed by atoms with E-state index in [4.69, 9.17) is 29.7 Å². The third kappa shape index (κ3) is 5.57. The van der Waals surface area contributed by atoms with Gasteiger partial charge in [-0.3, -0.25) is 4.57 Å². The van der Waals surface area contributed by atoms with Crippen LogP contribution in [0.2, 0.25) is 0 Å². The van der Waals surface area contributed by atoms with Gasteiger partial charge in [0.25, 0.3) is 0 Å². The highest BCUT2D eigenvalue weighted by molar-refractivity contribution is 5.78. The van der Waals surface area contributed by atoms with Gasteiger partial charge in [0.05, 0.1) is 33.2 Å². The number of rotatable bonds is 12. The summed E-state index contributed by atoms with van der Waals surface area (Å²) in [5.41, 5.74) is 8.92. The molecular weight excluding hydrogens is 607 g/mol. The average Bonchev–Trinajstić information content (AvgIpc) is 3.65. The monoisotopic (exact) mass is 640 g/mol. The highest BCUT2D eigenvalue weighted by Gasteiger charge is 2.56. The Morgan fingerprint density at radius 1 is 1.04 bits per heavy atom. The zero-order valence-electron chi connectivity index (χ0n) is 25.6. The van der Waals surface area contributed by atoms with Gasteiger partial charge in [0.2, 0.25) is 11.8 Å². The predicted octanol–water partition coefficient (Wildman–Crippen LogP) is 4.91. The maximum Gasteiger partial charge on any atom is 0.247 e. The van der Waals surface area contributed by atoms with Crippen LogP contribution in [-0.2, 0) is 10.3 Å². The molecule has 3 aromatic carbocycles. The third-order valence-electron chi connectivity index (χ3n) is 8.32. The number of hydrogen-bond acceptors (Lipinski definition) is 10. The summed E-state index contributed by atoms with van der Waals surface area (Å²) in [6.45, 7) is 0.771. The minimum atomic E-state index is -2.03. The zero-order valence-corrected chi connectivity index (χ0v) is 25.6. The predicted molar refractivity (Wildman–Crippen MR) is 171 cm³/mol. The summed E-state index contributed by atoms with van der Waals surface area (Å²) in [6, 6.07) is 27.3. The molecule has 3 N–H and O–H groups in total. The van der Waals surface area contributed by atoms with Crippen LogP contribution in [0.25, 0.3) is 21.6 Å². The van der Waals surface area contributed by atoms with Crippen molar-refractivity contribution >= 4 is 17.1 Å². The number of ether oxygens (including phenoxy) is 3. The number of benzene rings is 3. The van der Waals surface area contributed by atoms with Crippen molar-refractivity contribution in [1.82, 2.24) is 19.5 Å². The van der Waals surface area contributed by atoms with Crippen LogP contribution in [0.4, 0.5) is 10.3 Å². The topological polar surface area (TPSA) is 173 Å². The lowest BCUT2D eigenvalue weighted by Gasteiger charge is -2.37. The second-order valence-corrected chi connectivity index (χ2v) is 11.0. The van der Waals surface area contributed by atoms with Crippen LogP contribution in [0.15, 0.2) is 96.4 Å². The fourth-order valence-electron chi connectivity index (χ4n) is 5.97. The van der Waals surface area contributed by atoms with E-state index >= 15 is 4.39 Å². The molecule has 0 aliphatic carbocycles. The number of hydrogen-bond donors (Lipinski definition) is 3. The highest BCUT2D eigenvalue weighted by atomic mass is 19.1. The fraction of sp³-hybridized carbons (Fsp3) is 0.303. The van der Waals surface area contributed by atoms with E-state index in [0.717, 1.165) is 16.7 Å². The summed E-state index contributed by atoms with van der Waals surface area (Å²) in [6.07, 6.45) is -3.99. The molecule has 14 heteroatoms. The maximum atomic E-state index is 15.8. The minimum Gasteiger partial charge on any atom is -0.497 e. The molecule has 1 aliphatic rings. The molecular formula is C33H33FN8O5. The summed E-state index contributed by atoms with van der Waals surface area (Å²) in [7, 11) is 1.60. The molecule has 47 heavy (non-hydrogen) atoms. The van der Waals surface area contributed by atoms with E-state index in [1.54, 1.807) is 14.0 Å². The second kappa shape index (κ2) is 13.2. The summed E-state index contributed by atoms with van der Waals surface area (Å²) in [4.78, 5) is 16.6. The Balaban J connectivity index is 1.54. The van der Waals surface area contributed by atoms with Gasteiger partial charge in [0.15, 0.2) is 23.6 Å². The van der Waals surface area contributed by atoms with Crippen LogP contribution in [-0.4, -0.2) is 74.5 Å². The van der Waals surface area contributed by atoms with Crippen molar-refractivity contribution in [2.75, 3.05) is 32.2 Å². The first-order valence-electron chi connectivity index (χ1n) is 14.9. The van der Waals surface area contributed by atoms with Gasteiger partial charge in [-0.25, -0.2) is 9.37 Å². The molecule has 242 valence electrons. The van der Waals surface area contributed by atoms with E-state index in [9.17, 15) is 10.2 Å². The number of imidazole rings is 1. The van der Waals surface area contributed by atoms with Gasteiger partial charge >= 0.3 is 0 Å². The molecule has 5 aromatic rings. The molecule has 0 spiro atoms. The Bertz CT molecular complexity index is 1830. The molecule has 4 atom stereocenters. The molecule has 0 saturated carbocycles. The lowest BCUT2D eigenvalue weighted by atomic mass is 9.77. The largest absolute Gasteiger partial charge is 0.497 e. The van der Waals surface area contributed by atoms with Crippen molar-refractivity contribution < 1.29 is 28.8 Å². The van der Waals surface area contributed by atoms with Gasteiger partial charge < -0.3 is 29.7 Å². The first kappa shape index (κ1) is 31.7. The Labute approximate surface area is 269 Å².